The van der Waals surface area contributed by atoms with Crippen LogP contribution >= 0.6 is 0 Å². The second kappa shape index (κ2) is 7.98. The summed E-state index contributed by atoms with van der Waals surface area (Å²) in [5.74, 6) is 0.842. The van der Waals surface area contributed by atoms with E-state index < -0.39 is 0 Å². The number of nitrogens with zero attached hydrogens (tertiary/aromatic N) is 1. The quantitative estimate of drug-likeness (QED) is 0.855. The zero-order valence-corrected chi connectivity index (χ0v) is 12.9. The van der Waals surface area contributed by atoms with Crippen LogP contribution in [-0.4, -0.2) is 23.6 Å². The van der Waals surface area contributed by atoms with E-state index in [2.05, 4.69) is 16.3 Å². The van der Waals surface area contributed by atoms with Crippen LogP contribution in [0.4, 0.5) is 0 Å². The molecule has 0 bridgehead atoms. The number of H-pyrrole nitrogens is 1. The number of ether oxygens (including phenoxy) is 1. The van der Waals surface area contributed by atoms with Crippen LogP contribution in [0, 0.1) is 6.92 Å². The molecule has 0 aliphatic heterocycles. The van der Waals surface area contributed by atoms with E-state index in [1.54, 1.807) is 7.11 Å². The van der Waals surface area contributed by atoms with Gasteiger partial charge in [0, 0.05) is 22.7 Å². The Kier molecular flexibility index (Phi) is 5.72. The van der Waals surface area contributed by atoms with E-state index in [0.717, 1.165) is 47.0 Å². The summed E-state index contributed by atoms with van der Waals surface area (Å²) in [6, 6.07) is 5.86. The van der Waals surface area contributed by atoms with Gasteiger partial charge in [-0.15, -0.1) is 0 Å². The third kappa shape index (κ3) is 4.19. The van der Waals surface area contributed by atoms with E-state index in [1.165, 1.54) is 0 Å². The molecule has 0 amide bonds. The number of aromatic nitrogens is 2. The van der Waals surface area contributed by atoms with Gasteiger partial charge in [-0.05, 0) is 31.9 Å². The maximum atomic E-state index is 10.3. The average molecular weight is 296 g/mol. The fourth-order valence-corrected chi connectivity index (χ4v) is 2.10. The summed E-state index contributed by atoms with van der Waals surface area (Å²) in [6.45, 7) is 2.00. The van der Waals surface area contributed by atoms with Crippen molar-refractivity contribution >= 4 is 17.2 Å². The van der Waals surface area contributed by atoms with Crippen molar-refractivity contribution in [1.82, 2.24) is 10.2 Å². The molecule has 1 aromatic heterocycles. The Morgan fingerprint density at radius 1 is 1.27 bits per heavy atom. The Morgan fingerprint density at radius 3 is 2.91 bits per heavy atom. The minimum absolute atomic E-state index is 0.782. The minimum atomic E-state index is 0.782. The van der Waals surface area contributed by atoms with Crippen LogP contribution in [0.2, 0.25) is 0 Å². The summed E-state index contributed by atoms with van der Waals surface area (Å²) in [4.78, 5) is 10.3. The van der Waals surface area contributed by atoms with Gasteiger partial charge in [0.1, 0.15) is 12.0 Å². The molecule has 4 heteroatoms. The van der Waals surface area contributed by atoms with Gasteiger partial charge in [0.2, 0.25) is 0 Å². The molecule has 1 N–H and O–H groups in total. The van der Waals surface area contributed by atoms with Crippen molar-refractivity contribution in [3.63, 3.8) is 0 Å². The van der Waals surface area contributed by atoms with Crippen LogP contribution in [0.3, 0.4) is 0 Å². The number of hydrogen-bond donors (Lipinski definition) is 1. The molecule has 0 atom stereocenters. The maximum Gasteiger partial charge on any atom is 0.149 e. The van der Waals surface area contributed by atoms with E-state index in [1.807, 2.05) is 49.4 Å². The smallest absolute Gasteiger partial charge is 0.149 e. The van der Waals surface area contributed by atoms with Crippen LogP contribution in [-0.2, 0) is 4.79 Å². The molecule has 0 radical (unpaired) electrons. The van der Waals surface area contributed by atoms with Gasteiger partial charge in [0.05, 0.1) is 12.6 Å². The average Bonchev–Trinajstić information content (AvgIpc) is 2.88. The molecule has 1 heterocycles. The number of methoxy groups -OCH3 is 1. The van der Waals surface area contributed by atoms with Crippen molar-refractivity contribution in [1.29, 1.82) is 0 Å². The normalized spacial score (nSPS) is 18.9. The second-order valence-electron chi connectivity index (χ2n) is 4.92. The number of aldehydes is 1. The van der Waals surface area contributed by atoms with Crippen molar-refractivity contribution in [2.24, 2.45) is 0 Å². The first kappa shape index (κ1) is 15.8. The van der Waals surface area contributed by atoms with Gasteiger partial charge in [-0.25, -0.2) is 0 Å². The number of nitrogens with one attached hydrogen (secondary N) is 1. The van der Waals surface area contributed by atoms with Gasteiger partial charge in [-0.3, -0.25) is 9.89 Å². The van der Waals surface area contributed by atoms with Crippen LogP contribution in [0.1, 0.15) is 18.5 Å². The molecule has 4 nitrogen and oxygen atoms in total. The topological polar surface area (TPSA) is 55.0 Å². The highest BCUT2D eigenvalue weighted by Gasteiger charge is 2.01. The molecule has 2 aromatic rings. The van der Waals surface area contributed by atoms with Gasteiger partial charge in [0.25, 0.3) is 0 Å². The van der Waals surface area contributed by atoms with Gasteiger partial charge in [-0.2, -0.15) is 5.10 Å². The van der Waals surface area contributed by atoms with Crippen LogP contribution < -0.4 is 4.74 Å². The fourth-order valence-electron chi connectivity index (χ4n) is 2.10. The first-order valence-electron chi connectivity index (χ1n) is 7.22. The summed E-state index contributed by atoms with van der Waals surface area (Å²) in [7, 11) is 1.65. The molecule has 1 aliphatic rings. The molecule has 0 unspecified atom stereocenters. The lowest BCUT2D eigenvalue weighted by Gasteiger charge is -1.97. The first-order chi connectivity index (χ1) is 10.7. The summed E-state index contributed by atoms with van der Waals surface area (Å²) in [5, 5.41) is 8.19. The highest BCUT2D eigenvalue weighted by Crippen LogP contribution is 2.20. The van der Waals surface area contributed by atoms with Crippen LogP contribution in [0.15, 0.2) is 54.2 Å². The Balaban J connectivity index is 0.000000164. The number of carbonyl (C=O) groups excluding carboxylic acids is 1. The molecule has 0 saturated carbocycles. The fraction of sp³-hybridized carbons (Fsp3) is 0.222. The lowest BCUT2D eigenvalue weighted by molar-refractivity contribution is -0.104. The lowest BCUT2D eigenvalue weighted by Crippen LogP contribution is -1.81. The maximum absolute atomic E-state index is 10.3. The Labute approximate surface area is 130 Å². The summed E-state index contributed by atoms with van der Waals surface area (Å²) in [5.41, 5.74) is 2.82. The Morgan fingerprint density at radius 2 is 2.14 bits per heavy atom. The Hall–Kier alpha value is -2.62. The number of fused-ring (bicyclic) bond motifs is 1. The molecule has 114 valence electrons. The predicted molar refractivity (Wildman–Crippen MR) is 89.0 cm³/mol. The molecule has 0 saturated heterocycles. The lowest BCUT2D eigenvalue weighted by atomic mass is 10.1. The number of benzene rings is 1. The third-order valence-electron chi connectivity index (χ3n) is 3.34. The third-order valence-corrected chi connectivity index (χ3v) is 3.34. The minimum Gasteiger partial charge on any atom is -0.497 e. The van der Waals surface area contributed by atoms with Crippen LogP contribution in [0.25, 0.3) is 10.9 Å². The predicted octanol–water partition coefficient (Wildman–Crippen LogP) is 3.90. The van der Waals surface area contributed by atoms with Crippen molar-refractivity contribution in [3.05, 3.63) is 59.8 Å². The molecular weight excluding hydrogens is 276 g/mol. The molecule has 0 fully saturated rings. The van der Waals surface area contributed by atoms with Crippen molar-refractivity contribution < 1.29 is 9.53 Å². The van der Waals surface area contributed by atoms with Crippen molar-refractivity contribution in [2.45, 2.75) is 19.8 Å². The standard InChI is InChI=1S/C9H10N2O.C9H10O/c1-6-8-4-3-7(12-2)5-9(8)11-10-6;10-8-9-6-4-2-1-3-5-7-9/h3-5H,1-2H3,(H,10,11);1-2,4,6-8H,3,5H2/b;2-1-,6-4-,9-7+. The number of hydrogen-bond acceptors (Lipinski definition) is 3. The van der Waals surface area contributed by atoms with Gasteiger partial charge >= 0.3 is 0 Å². The SMILES string of the molecule is COc1ccc2c(C)[nH]nc2c1.O=CC1=C/CC\C=C/C=C\1. The van der Waals surface area contributed by atoms with Crippen LogP contribution in [0.5, 0.6) is 5.75 Å². The number of carbonyl (C=O) groups is 1. The number of allylic oxidation sites excluding steroid dienone is 6. The molecule has 1 aromatic carbocycles. The molecular formula is C18H20N2O2. The summed E-state index contributed by atoms with van der Waals surface area (Å²) >= 11 is 0. The highest BCUT2D eigenvalue weighted by atomic mass is 16.5. The zero-order chi connectivity index (χ0) is 15.8. The molecule has 0 spiro atoms. The van der Waals surface area contributed by atoms with E-state index in [4.69, 9.17) is 4.74 Å². The van der Waals surface area contributed by atoms with Crippen molar-refractivity contribution in [2.75, 3.05) is 7.11 Å². The molecule has 1 aliphatic carbocycles. The first-order valence-corrected chi connectivity index (χ1v) is 7.22. The number of aromatic amines is 1. The highest BCUT2D eigenvalue weighted by molar-refractivity contribution is 5.82. The Bertz CT molecular complexity index is 724. The number of aryl methyl sites for hydroxylation is 1. The van der Waals surface area contributed by atoms with E-state index >= 15 is 0 Å². The van der Waals surface area contributed by atoms with Gasteiger partial charge in [0.15, 0.2) is 0 Å². The van der Waals surface area contributed by atoms with E-state index in [-0.39, 0.29) is 0 Å². The number of rotatable bonds is 2. The second-order valence-corrected chi connectivity index (χ2v) is 4.92. The summed E-state index contributed by atoms with van der Waals surface area (Å²) < 4.78 is 5.08. The van der Waals surface area contributed by atoms with E-state index in [0.29, 0.717) is 0 Å². The largest absolute Gasteiger partial charge is 0.497 e. The van der Waals surface area contributed by atoms with Gasteiger partial charge < -0.3 is 4.74 Å². The molecule has 3 rings (SSSR count). The monoisotopic (exact) mass is 296 g/mol. The molecule has 22 heavy (non-hydrogen) atoms. The van der Waals surface area contributed by atoms with Crippen molar-refractivity contribution in [3.8, 4) is 5.75 Å². The van der Waals surface area contributed by atoms with E-state index in [9.17, 15) is 4.79 Å². The summed E-state index contributed by atoms with van der Waals surface area (Å²) in [6.07, 6.45) is 12.6. The van der Waals surface area contributed by atoms with Gasteiger partial charge in [-0.1, -0.05) is 30.4 Å². The zero-order valence-electron chi connectivity index (χ0n) is 12.9.